The van der Waals surface area contributed by atoms with E-state index in [2.05, 4.69) is 15.6 Å². The van der Waals surface area contributed by atoms with E-state index >= 15 is 0 Å². The highest BCUT2D eigenvalue weighted by Gasteiger charge is 2.39. The van der Waals surface area contributed by atoms with Crippen LogP contribution in [0.15, 0.2) is 34.9 Å². The molecule has 122 valence electrons. The third kappa shape index (κ3) is 2.84. The van der Waals surface area contributed by atoms with Gasteiger partial charge in [0.25, 0.3) is 5.91 Å². The summed E-state index contributed by atoms with van der Waals surface area (Å²) in [4.78, 5) is 16.1. The van der Waals surface area contributed by atoms with Gasteiger partial charge >= 0.3 is 11.8 Å². The largest absolute Gasteiger partial charge is 0.425 e. The number of carbonyl (C=O) groups excluding carboxylic acids is 1. The predicted molar refractivity (Wildman–Crippen MR) is 83.6 cm³/mol. The lowest BCUT2D eigenvalue weighted by molar-refractivity contribution is 0.0931. The van der Waals surface area contributed by atoms with Gasteiger partial charge in [-0.15, -0.1) is 0 Å². The Balaban J connectivity index is 1.38. The van der Waals surface area contributed by atoms with Crippen molar-refractivity contribution in [2.75, 3.05) is 0 Å². The van der Waals surface area contributed by atoms with Crippen LogP contribution in [0.4, 0.5) is 0 Å². The molecule has 1 amide bonds. The van der Waals surface area contributed by atoms with Gasteiger partial charge in [-0.05, 0) is 43.5 Å². The monoisotopic (exact) mass is 324 g/mol. The number of ether oxygens (including phenoxy) is 1. The number of aromatic nitrogens is 1. The molecule has 2 N–H and O–H groups in total. The van der Waals surface area contributed by atoms with Crippen LogP contribution in [-0.4, -0.2) is 29.0 Å². The number of hydrogen-bond acceptors (Lipinski definition) is 6. The van der Waals surface area contributed by atoms with Crippen LogP contribution in [0.25, 0.3) is 0 Å². The Bertz CT molecular complexity index is 793. The van der Waals surface area contributed by atoms with Gasteiger partial charge in [0, 0.05) is 23.7 Å². The van der Waals surface area contributed by atoms with E-state index in [0.717, 1.165) is 12.8 Å². The number of nitrogens with one attached hydrogen (secondary N) is 2. The molecule has 0 aliphatic carbocycles. The van der Waals surface area contributed by atoms with Gasteiger partial charge in [-0.1, -0.05) is 0 Å². The van der Waals surface area contributed by atoms with E-state index in [4.69, 9.17) is 14.4 Å². The predicted octanol–water partition coefficient (Wildman–Crippen LogP) is 1.96. The van der Waals surface area contributed by atoms with E-state index in [1.807, 2.05) is 0 Å². The zero-order chi connectivity index (χ0) is 16.5. The number of carbonyl (C=O) groups is 1. The number of rotatable bonds is 4. The van der Waals surface area contributed by atoms with Gasteiger partial charge in [0.1, 0.15) is 11.9 Å². The number of hydrogen-bond donors (Lipinski definition) is 2. The molecule has 3 heterocycles. The number of oxazole rings is 1. The molecule has 0 unspecified atom stereocenters. The Morgan fingerprint density at radius 1 is 1.38 bits per heavy atom. The van der Waals surface area contributed by atoms with E-state index in [-0.39, 0.29) is 23.8 Å². The molecule has 2 aromatic rings. The van der Waals surface area contributed by atoms with Crippen LogP contribution < -0.4 is 15.4 Å². The van der Waals surface area contributed by atoms with Crippen molar-refractivity contribution in [3.8, 4) is 17.8 Å². The highest BCUT2D eigenvalue weighted by atomic mass is 16.6. The number of nitriles is 1. The minimum Gasteiger partial charge on any atom is -0.425 e. The highest BCUT2D eigenvalue weighted by molar-refractivity contribution is 5.94. The zero-order valence-corrected chi connectivity index (χ0v) is 12.9. The minimum atomic E-state index is -0.0765. The third-order valence-electron chi connectivity index (χ3n) is 4.53. The standard InChI is InChI=1S/C17H16N4O3/c18-8-15-19-9-16(24-15)23-12-4-1-10(2-5-12)17(22)21-14-7-11-3-6-13(14)20-11/h1-2,4-5,9,11,13-14,20H,3,6-7H2,(H,21,22)/t11-,13+,14-/m1/s1. The van der Waals surface area contributed by atoms with E-state index < -0.39 is 0 Å². The van der Waals surface area contributed by atoms with E-state index in [1.165, 1.54) is 12.6 Å². The van der Waals surface area contributed by atoms with Crippen molar-refractivity contribution in [2.24, 2.45) is 0 Å². The summed E-state index contributed by atoms with van der Waals surface area (Å²) in [6, 6.07) is 9.73. The van der Waals surface area contributed by atoms with Crippen LogP contribution in [0.3, 0.4) is 0 Å². The quantitative estimate of drug-likeness (QED) is 0.892. The Hall–Kier alpha value is -2.85. The summed E-state index contributed by atoms with van der Waals surface area (Å²) in [5.41, 5.74) is 0.584. The Kier molecular flexibility index (Phi) is 3.67. The van der Waals surface area contributed by atoms with Gasteiger partial charge in [0.15, 0.2) is 6.07 Å². The van der Waals surface area contributed by atoms with Crippen molar-refractivity contribution in [3.05, 3.63) is 41.9 Å². The van der Waals surface area contributed by atoms with Crippen LogP contribution in [0.2, 0.25) is 0 Å². The molecule has 0 saturated carbocycles. The Labute approximate surface area is 138 Å². The average molecular weight is 324 g/mol. The molecule has 7 nitrogen and oxygen atoms in total. The Morgan fingerprint density at radius 2 is 2.21 bits per heavy atom. The van der Waals surface area contributed by atoms with Crippen LogP contribution in [0.1, 0.15) is 35.5 Å². The molecule has 24 heavy (non-hydrogen) atoms. The number of benzene rings is 1. The van der Waals surface area contributed by atoms with Crippen molar-refractivity contribution in [1.82, 2.24) is 15.6 Å². The van der Waals surface area contributed by atoms with E-state index in [1.54, 1.807) is 30.3 Å². The van der Waals surface area contributed by atoms with Gasteiger partial charge < -0.3 is 19.8 Å². The van der Waals surface area contributed by atoms with E-state index in [9.17, 15) is 4.79 Å². The number of amides is 1. The molecule has 7 heteroatoms. The molecule has 3 atom stereocenters. The number of fused-ring (bicyclic) bond motifs is 2. The van der Waals surface area contributed by atoms with Crippen molar-refractivity contribution in [3.63, 3.8) is 0 Å². The normalized spacial score (nSPS) is 24.5. The molecule has 1 aromatic carbocycles. The van der Waals surface area contributed by atoms with Gasteiger partial charge in [0.2, 0.25) is 0 Å². The first-order chi connectivity index (χ1) is 11.7. The van der Waals surface area contributed by atoms with Crippen molar-refractivity contribution in [2.45, 2.75) is 37.4 Å². The van der Waals surface area contributed by atoms with Crippen molar-refractivity contribution >= 4 is 5.91 Å². The fraction of sp³-hybridized carbons (Fsp3) is 0.353. The molecule has 0 spiro atoms. The molecular weight excluding hydrogens is 308 g/mol. The van der Waals surface area contributed by atoms with Crippen LogP contribution in [0.5, 0.6) is 11.7 Å². The topological polar surface area (TPSA) is 100 Å². The summed E-state index contributed by atoms with van der Waals surface area (Å²) in [6.07, 6.45) is 4.67. The summed E-state index contributed by atoms with van der Waals surface area (Å²) in [5, 5.41) is 15.3. The summed E-state index contributed by atoms with van der Waals surface area (Å²) in [5.74, 6) is 0.512. The van der Waals surface area contributed by atoms with E-state index in [0.29, 0.717) is 23.4 Å². The maximum Gasteiger partial charge on any atom is 0.311 e. The van der Waals surface area contributed by atoms with Crippen LogP contribution in [-0.2, 0) is 0 Å². The highest BCUT2D eigenvalue weighted by Crippen LogP contribution is 2.28. The number of nitrogens with zero attached hydrogens (tertiary/aromatic N) is 2. The molecule has 0 radical (unpaired) electrons. The van der Waals surface area contributed by atoms with Gasteiger partial charge in [-0.2, -0.15) is 5.26 Å². The summed E-state index contributed by atoms with van der Waals surface area (Å²) >= 11 is 0. The first-order valence-electron chi connectivity index (χ1n) is 7.92. The smallest absolute Gasteiger partial charge is 0.311 e. The van der Waals surface area contributed by atoms with Gasteiger partial charge in [-0.25, -0.2) is 4.98 Å². The maximum absolute atomic E-state index is 12.3. The molecular formula is C17H16N4O3. The average Bonchev–Trinajstić information content (AvgIpc) is 3.32. The molecule has 4 rings (SSSR count). The molecule has 2 aliphatic heterocycles. The second-order valence-corrected chi connectivity index (χ2v) is 6.09. The maximum atomic E-state index is 12.3. The first kappa shape index (κ1) is 14.7. The fourth-order valence-corrected chi connectivity index (χ4v) is 3.38. The van der Waals surface area contributed by atoms with Crippen LogP contribution >= 0.6 is 0 Å². The summed E-state index contributed by atoms with van der Waals surface area (Å²) in [6.45, 7) is 0. The molecule has 1 aromatic heterocycles. The molecule has 2 saturated heterocycles. The first-order valence-corrected chi connectivity index (χ1v) is 7.92. The second kappa shape index (κ2) is 5.98. The lowest BCUT2D eigenvalue weighted by atomic mass is 9.95. The molecule has 2 aliphatic rings. The second-order valence-electron chi connectivity index (χ2n) is 6.09. The van der Waals surface area contributed by atoms with Crippen LogP contribution in [0, 0.1) is 11.3 Å². The lowest BCUT2D eigenvalue weighted by Crippen LogP contribution is -2.42. The third-order valence-corrected chi connectivity index (χ3v) is 4.53. The Morgan fingerprint density at radius 3 is 2.83 bits per heavy atom. The summed E-state index contributed by atoms with van der Waals surface area (Å²) in [7, 11) is 0. The van der Waals surface area contributed by atoms with Crippen molar-refractivity contribution < 1.29 is 13.9 Å². The zero-order valence-electron chi connectivity index (χ0n) is 12.9. The molecule has 2 bridgehead atoms. The van der Waals surface area contributed by atoms with Gasteiger partial charge in [-0.3, -0.25) is 4.79 Å². The lowest BCUT2D eigenvalue weighted by Gasteiger charge is -2.21. The SMILES string of the molecule is N#Cc1ncc(Oc2ccc(C(=O)N[C@@H]3C[C@H]4CC[C@@H]3N4)cc2)o1. The van der Waals surface area contributed by atoms with Gasteiger partial charge in [0.05, 0.1) is 0 Å². The molecule has 2 fully saturated rings. The summed E-state index contributed by atoms with van der Waals surface area (Å²) < 4.78 is 10.5. The fourth-order valence-electron chi connectivity index (χ4n) is 3.38. The minimum absolute atomic E-state index is 0.0551. The van der Waals surface area contributed by atoms with Crippen molar-refractivity contribution in [1.29, 1.82) is 5.26 Å².